The molecule has 0 rings (SSSR count). The Morgan fingerprint density at radius 1 is 1.31 bits per heavy atom. The molecule has 0 aliphatic rings. The van der Waals surface area contributed by atoms with Crippen molar-refractivity contribution in [3.05, 3.63) is 0 Å². The van der Waals surface area contributed by atoms with Crippen LogP contribution in [0.5, 0.6) is 0 Å². The van der Waals surface area contributed by atoms with Gasteiger partial charge in [0.15, 0.2) is 0 Å². The topological polar surface area (TPSA) is 29.1 Å². The molecule has 0 aromatic heterocycles. The Labute approximate surface area is 109 Å². The zero-order valence-electron chi connectivity index (χ0n) is 11.1. The highest BCUT2D eigenvalue weighted by Gasteiger charge is 2.20. The number of hydrogen-bond acceptors (Lipinski definition) is 1. The molecule has 0 radical (unpaired) electrons. The number of alkyl halides is 1. The maximum atomic E-state index is 12.0. The minimum absolute atomic E-state index is 0.195. The summed E-state index contributed by atoms with van der Waals surface area (Å²) in [6.45, 7) is 8.54. The van der Waals surface area contributed by atoms with E-state index >= 15 is 0 Å². The predicted molar refractivity (Wildman–Crippen MR) is 73.9 cm³/mol. The first-order chi connectivity index (χ1) is 7.56. The molecule has 3 heteroatoms. The summed E-state index contributed by atoms with van der Waals surface area (Å²) in [6, 6.07) is 0.253. The van der Waals surface area contributed by atoms with Crippen LogP contribution in [0.4, 0.5) is 0 Å². The molecule has 2 unspecified atom stereocenters. The highest BCUT2D eigenvalue weighted by Crippen LogP contribution is 2.14. The van der Waals surface area contributed by atoms with Gasteiger partial charge < -0.3 is 5.32 Å². The lowest BCUT2D eigenvalue weighted by atomic mass is 9.97. The molecule has 0 aromatic rings. The number of unbranched alkanes of at least 4 members (excludes halogenated alkanes) is 1. The molecule has 0 saturated heterocycles. The van der Waals surface area contributed by atoms with Crippen LogP contribution < -0.4 is 5.32 Å². The molecule has 0 heterocycles. The molecule has 0 bridgehead atoms. The standard InChI is InChI=1S/C13H26BrNO/c1-5-7-8-11(6-2)13(16)15-12(9-14)10(3)4/h10-12H,5-9H2,1-4H3,(H,15,16). The van der Waals surface area contributed by atoms with Gasteiger partial charge in [0.05, 0.1) is 0 Å². The summed E-state index contributed by atoms with van der Waals surface area (Å²) in [5, 5.41) is 3.97. The van der Waals surface area contributed by atoms with Gasteiger partial charge in [-0.1, -0.05) is 56.5 Å². The third kappa shape index (κ3) is 5.88. The average molecular weight is 292 g/mol. The van der Waals surface area contributed by atoms with Crippen LogP contribution in [0, 0.1) is 11.8 Å². The first kappa shape index (κ1) is 16.0. The smallest absolute Gasteiger partial charge is 0.223 e. The second-order valence-electron chi connectivity index (χ2n) is 4.76. The summed E-state index contributed by atoms with van der Waals surface area (Å²) in [4.78, 5) is 12.0. The Kier molecular flexibility index (Phi) is 9.00. The number of carbonyl (C=O) groups excluding carboxylic acids is 1. The van der Waals surface area contributed by atoms with Gasteiger partial charge in [-0.25, -0.2) is 0 Å². The van der Waals surface area contributed by atoms with E-state index in [9.17, 15) is 4.79 Å². The zero-order chi connectivity index (χ0) is 12.6. The average Bonchev–Trinajstić information content (AvgIpc) is 2.26. The van der Waals surface area contributed by atoms with E-state index in [0.29, 0.717) is 5.92 Å². The van der Waals surface area contributed by atoms with Gasteiger partial charge in [0.25, 0.3) is 0 Å². The molecule has 2 nitrogen and oxygen atoms in total. The van der Waals surface area contributed by atoms with Gasteiger partial charge in [0.1, 0.15) is 0 Å². The monoisotopic (exact) mass is 291 g/mol. The van der Waals surface area contributed by atoms with Crippen molar-refractivity contribution in [2.24, 2.45) is 11.8 Å². The van der Waals surface area contributed by atoms with Gasteiger partial charge in [-0.3, -0.25) is 4.79 Å². The number of nitrogens with one attached hydrogen (secondary N) is 1. The Morgan fingerprint density at radius 2 is 1.94 bits per heavy atom. The maximum absolute atomic E-state index is 12.0. The Balaban J connectivity index is 4.17. The number of rotatable bonds is 8. The molecule has 0 saturated carbocycles. The van der Waals surface area contributed by atoms with Gasteiger partial charge in [-0.05, 0) is 18.8 Å². The quantitative estimate of drug-likeness (QED) is 0.678. The SMILES string of the molecule is CCCCC(CC)C(=O)NC(CBr)C(C)C. The van der Waals surface area contributed by atoms with E-state index in [2.05, 4.69) is 48.9 Å². The molecule has 2 atom stereocenters. The summed E-state index contributed by atoms with van der Waals surface area (Å²) < 4.78 is 0. The molecule has 0 aliphatic carbocycles. The van der Waals surface area contributed by atoms with E-state index in [-0.39, 0.29) is 17.9 Å². The van der Waals surface area contributed by atoms with Crippen LogP contribution in [0.3, 0.4) is 0 Å². The highest BCUT2D eigenvalue weighted by atomic mass is 79.9. The molecular formula is C13H26BrNO. The maximum Gasteiger partial charge on any atom is 0.223 e. The fraction of sp³-hybridized carbons (Fsp3) is 0.923. The van der Waals surface area contributed by atoms with E-state index in [1.165, 1.54) is 0 Å². The van der Waals surface area contributed by atoms with Gasteiger partial charge in [0, 0.05) is 17.3 Å². The van der Waals surface area contributed by atoms with Crippen LogP contribution in [0.1, 0.15) is 53.4 Å². The highest BCUT2D eigenvalue weighted by molar-refractivity contribution is 9.09. The fourth-order valence-electron chi connectivity index (χ4n) is 1.66. The van der Waals surface area contributed by atoms with Gasteiger partial charge in [-0.2, -0.15) is 0 Å². The van der Waals surface area contributed by atoms with Gasteiger partial charge in [-0.15, -0.1) is 0 Å². The van der Waals surface area contributed by atoms with Crippen molar-refractivity contribution in [2.45, 2.75) is 59.4 Å². The molecule has 0 aliphatic heterocycles. The number of halogens is 1. The molecule has 1 amide bonds. The first-order valence-electron chi connectivity index (χ1n) is 6.43. The largest absolute Gasteiger partial charge is 0.352 e. The van der Waals surface area contributed by atoms with E-state index in [4.69, 9.17) is 0 Å². The van der Waals surface area contributed by atoms with Crippen molar-refractivity contribution in [3.8, 4) is 0 Å². The van der Waals surface area contributed by atoms with Crippen molar-refractivity contribution in [1.29, 1.82) is 0 Å². The molecule has 0 fully saturated rings. The molecule has 0 aromatic carbocycles. The summed E-state index contributed by atoms with van der Waals surface area (Å²) >= 11 is 3.45. The van der Waals surface area contributed by atoms with Gasteiger partial charge in [0.2, 0.25) is 5.91 Å². The summed E-state index contributed by atoms with van der Waals surface area (Å²) in [5.74, 6) is 0.904. The van der Waals surface area contributed by atoms with Crippen LogP contribution in [0.2, 0.25) is 0 Å². The van der Waals surface area contributed by atoms with Crippen molar-refractivity contribution in [3.63, 3.8) is 0 Å². The van der Waals surface area contributed by atoms with Crippen molar-refractivity contribution in [2.75, 3.05) is 5.33 Å². The minimum atomic E-state index is 0.195. The summed E-state index contributed by atoms with van der Waals surface area (Å²) in [7, 11) is 0. The second kappa shape index (κ2) is 9.03. The third-order valence-corrected chi connectivity index (χ3v) is 3.77. The first-order valence-corrected chi connectivity index (χ1v) is 7.55. The summed E-state index contributed by atoms with van der Waals surface area (Å²) in [5.41, 5.74) is 0. The molecular weight excluding hydrogens is 266 g/mol. The van der Waals surface area contributed by atoms with E-state index in [1.807, 2.05) is 0 Å². The van der Waals surface area contributed by atoms with Crippen LogP contribution >= 0.6 is 15.9 Å². The number of carbonyl (C=O) groups is 1. The normalized spacial score (nSPS) is 14.9. The summed E-state index contributed by atoms with van der Waals surface area (Å²) in [6.07, 6.45) is 4.27. The number of amides is 1. The molecule has 96 valence electrons. The van der Waals surface area contributed by atoms with Crippen LogP contribution in [0.25, 0.3) is 0 Å². The van der Waals surface area contributed by atoms with E-state index in [1.54, 1.807) is 0 Å². The van der Waals surface area contributed by atoms with E-state index in [0.717, 1.165) is 31.0 Å². The van der Waals surface area contributed by atoms with Gasteiger partial charge >= 0.3 is 0 Å². The van der Waals surface area contributed by atoms with Crippen LogP contribution in [-0.2, 0) is 4.79 Å². The van der Waals surface area contributed by atoms with Crippen LogP contribution in [-0.4, -0.2) is 17.3 Å². The Bertz CT molecular complexity index is 194. The lowest BCUT2D eigenvalue weighted by molar-refractivity contribution is -0.126. The van der Waals surface area contributed by atoms with E-state index < -0.39 is 0 Å². The minimum Gasteiger partial charge on any atom is -0.352 e. The lowest BCUT2D eigenvalue weighted by Gasteiger charge is -2.23. The van der Waals surface area contributed by atoms with Crippen LogP contribution in [0.15, 0.2) is 0 Å². The van der Waals surface area contributed by atoms with Crippen molar-refractivity contribution in [1.82, 2.24) is 5.32 Å². The molecule has 1 N–H and O–H groups in total. The lowest BCUT2D eigenvalue weighted by Crippen LogP contribution is -2.42. The Hall–Kier alpha value is -0.0500. The van der Waals surface area contributed by atoms with Crippen molar-refractivity contribution >= 4 is 21.8 Å². The zero-order valence-corrected chi connectivity index (χ0v) is 12.6. The second-order valence-corrected chi connectivity index (χ2v) is 5.41. The Morgan fingerprint density at radius 3 is 2.31 bits per heavy atom. The third-order valence-electron chi connectivity index (χ3n) is 3.07. The van der Waals surface area contributed by atoms with Crippen molar-refractivity contribution < 1.29 is 4.79 Å². The molecule has 0 spiro atoms. The molecule has 16 heavy (non-hydrogen) atoms. The number of hydrogen-bond donors (Lipinski definition) is 1. The predicted octanol–water partition coefficient (Wildman–Crippen LogP) is 3.74. The fourth-order valence-corrected chi connectivity index (χ4v) is 2.56.